The van der Waals surface area contributed by atoms with Gasteiger partial charge in [-0.2, -0.15) is 0 Å². The molecule has 1 atom stereocenters. The SMILES string of the molecule is CC(=O)N1CCCC(SC2=NCc3nc(N4CCC(C)(N)CC4)cnc32)C1. The number of aliphatic imine (C=N–C) groups is 1. The van der Waals surface area contributed by atoms with Crippen LogP contribution in [0.25, 0.3) is 0 Å². The Morgan fingerprint density at radius 2 is 2.11 bits per heavy atom. The molecule has 0 bridgehead atoms. The Morgan fingerprint density at radius 1 is 1.33 bits per heavy atom. The van der Waals surface area contributed by atoms with Crippen molar-refractivity contribution in [3.8, 4) is 0 Å². The third-order valence-corrected chi connectivity index (χ3v) is 7.00. The number of rotatable bonds is 2. The molecule has 8 heteroatoms. The minimum Gasteiger partial charge on any atom is -0.355 e. The van der Waals surface area contributed by atoms with E-state index in [4.69, 9.17) is 15.7 Å². The number of hydrogen-bond acceptors (Lipinski definition) is 7. The molecule has 3 aliphatic rings. The fourth-order valence-electron chi connectivity index (χ4n) is 3.90. The van der Waals surface area contributed by atoms with Gasteiger partial charge in [0.05, 0.1) is 18.4 Å². The Balaban J connectivity index is 1.41. The van der Waals surface area contributed by atoms with Crippen LogP contribution >= 0.6 is 11.8 Å². The molecule has 2 saturated heterocycles. The molecule has 0 saturated carbocycles. The summed E-state index contributed by atoms with van der Waals surface area (Å²) in [6.07, 6.45) is 5.98. The van der Waals surface area contributed by atoms with Crippen LogP contribution in [0.4, 0.5) is 5.82 Å². The summed E-state index contributed by atoms with van der Waals surface area (Å²) in [6.45, 7) is 7.88. The Labute approximate surface area is 164 Å². The number of carbonyl (C=O) groups is 1. The van der Waals surface area contributed by atoms with Crippen molar-refractivity contribution in [1.29, 1.82) is 0 Å². The molecule has 0 radical (unpaired) electrons. The first-order valence-electron chi connectivity index (χ1n) is 9.78. The monoisotopic (exact) mass is 388 g/mol. The van der Waals surface area contributed by atoms with Crippen LogP contribution in [0.3, 0.4) is 0 Å². The summed E-state index contributed by atoms with van der Waals surface area (Å²) in [5.41, 5.74) is 8.06. The van der Waals surface area contributed by atoms with Gasteiger partial charge in [-0.15, -0.1) is 0 Å². The van der Waals surface area contributed by atoms with Gasteiger partial charge >= 0.3 is 0 Å². The fourth-order valence-corrected chi connectivity index (χ4v) is 5.17. The first-order chi connectivity index (χ1) is 12.9. The molecular formula is C19H28N6OS. The predicted octanol–water partition coefficient (Wildman–Crippen LogP) is 1.80. The van der Waals surface area contributed by atoms with Gasteiger partial charge < -0.3 is 15.5 Å². The number of likely N-dealkylation sites (tertiary alicyclic amines) is 1. The fraction of sp³-hybridized carbons (Fsp3) is 0.684. The standard InChI is InChI=1S/C19H28N6OS/c1-13(26)25-7-3-4-14(12-25)27-18-17-15(10-22-18)23-16(11-21-17)24-8-5-19(2,20)6-9-24/h11,14H,3-10,12,20H2,1-2H3. The molecule has 7 nitrogen and oxygen atoms in total. The van der Waals surface area contributed by atoms with Crippen molar-refractivity contribution in [1.82, 2.24) is 14.9 Å². The van der Waals surface area contributed by atoms with E-state index in [1.807, 2.05) is 11.1 Å². The van der Waals surface area contributed by atoms with Crippen molar-refractivity contribution in [3.05, 3.63) is 17.6 Å². The summed E-state index contributed by atoms with van der Waals surface area (Å²) in [5.74, 6) is 1.10. The van der Waals surface area contributed by atoms with Crippen LogP contribution in [-0.2, 0) is 11.3 Å². The molecule has 1 amide bonds. The molecule has 1 aromatic heterocycles. The molecule has 3 aliphatic heterocycles. The lowest BCUT2D eigenvalue weighted by atomic mass is 9.91. The third kappa shape index (κ3) is 4.11. The van der Waals surface area contributed by atoms with Gasteiger partial charge in [-0.25, -0.2) is 9.97 Å². The quantitative estimate of drug-likeness (QED) is 0.831. The van der Waals surface area contributed by atoms with Crippen molar-refractivity contribution in [2.45, 2.75) is 56.9 Å². The first-order valence-corrected chi connectivity index (χ1v) is 10.7. The topological polar surface area (TPSA) is 87.7 Å². The van der Waals surface area contributed by atoms with Crippen LogP contribution in [0, 0.1) is 0 Å². The third-order valence-electron chi connectivity index (χ3n) is 5.74. The molecule has 0 aromatic carbocycles. The van der Waals surface area contributed by atoms with Crippen LogP contribution in [0.1, 0.15) is 50.9 Å². The average Bonchev–Trinajstić information content (AvgIpc) is 3.04. The maximum absolute atomic E-state index is 11.7. The van der Waals surface area contributed by atoms with E-state index in [9.17, 15) is 4.79 Å². The second kappa shape index (κ2) is 7.39. The van der Waals surface area contributed by atoms with Crippen molar-refractivity contribution < 1.29 is 4.79 Å². The number of fused-ring (bicyclic) bond motifs is 1. The van der Waals surface area contributed by atoms with Crippen molar-refractivity contribution in [2.75, 3.05) is 31.1 Å². The van der Waals surface area contributed by atoms with Crippen LogP contribution < -0.4 is 10.6 Å². The van der Waals surface area contributed by atoms with Gasteiger partial charge in [0, 0.05) is 43.9 Å². The van der Waals surface area contributed by atoms with Gasteiger partial charge in [0.15, 0.2) is 0 Å². The highest BCUT2D eigenvalue weighted by atomic mass is 32.2. The lowest BCUT2D eigenvalue weighted by Crippen LogP contribution is -2.48. The Morgan fingerprint density at radius 3 is 2.85 bits per heavy atom. The highest BCUT2D eigenvalue weighted by molar-refractivity contribution is 8.15. The number of anilines is 1. The maximum Gasteiger partial charge on any atom is 0.219 e. The second-order valence-electron chi connectivity index (χ2n) is 8.13. The Hall–Kier alpha value is -1.67. The molecular weight excluding hydrogens is 360 g/mol. The minimum absolute atomic E-state index is 0.0681. The first kappa shape index (κ1) is 18.7. The molecule has 1 unspecified atom stereocenters. The van der Waals surface area contributed by atoms with E-state index in [2.05, 4.69) is 16.8 Å². The lowest BCUT2D eigenvalue weighted by Gasteiger charge is -2.37. The summed E-state index contributed by atoms with van der Waals surface area (Å²) < 4.78 is 0. The highest BCUT2D eigenvalue weighted by Gasteiger charge is 2.30. The normalized spacial score (nSPS) is 24.6. The molecule has 1 aromatic rings. The zero-order valence-electron chi connectivity index (χ0n) is 16.1. The number of carbonyl (C=O) groups excluding carboxylic acids is 1. The molecule has 4 heterocycles. The molecule has 27 heavy (non-hydrogen) atoms. The van der Waals surface area contributed by atoms with E-state index < -0.39 is 0 Å². The number of hydrogen-bond donors (Lipinski definition) is 1. The van der Waals surface area contributed by atoms with Crippen molar-refractivity contribution >= 4 is 28.5 Å². The highest BCUT2D eigenvalue weighted by Crippen LogP contribution is 2.31. The van der Waals surface area contributed by atoms with Gasteiger partial charge in [0.2, 0.25) is 5.91 Å². The summed E-state index contributed by atoms with van der Waals surface area (Å²) in [5, 5.41) is 1.37. The zero-order chi connectivity index (χ0) is 19.0. The summed E-state index contributed by atoms with van der Waals surface area (Å²) in [7, 11) is 0. The Kier molecular flexibility index (Phi) is 5.11. The van der Waals surface area contributed by atoms with E-state index in [0.29, 0.717) is 11.8 Å². The summed E-state index contributed by atoms with van der Waals surface area (Å²) >= 11 is 1.76. The van der Waals surface area contributed by atoms with E-state index in [1.165, 1.54) is 0 Å². The minimum atomic E-state index is -0.0681. The summed E-state index contributed by atoms with van der Waals surface area (Å²) in [6, 6.07) is 0. The average molecular weight is 389 g/mol. The Bertz CT molecular complexity index is 755. The van der Waals surface area contributed by atoms with Crippen molar-refractivity contribution in [3.63, 3.8) is 0 Å². The van der Waals surface area contributed by atoms with Crippen LogP contribution in [-0.4, -0.2) is 62.8 Å². The lowest BCUT2D eigenvalue weighted by molar-refractivity contribution is -0.129. The molecule has 0 aliphatic carbocycles. The van der Waals surface area contributed by atoms with E-state index in [-0.39, 0.29) is 11.4 Å². The number of amides is 1. The predicted molar refractivity (Wildman–Crippen MR) is 109 cm³/mol. The number of thioether (sulfide) groups is 1. The smallest absolute Gasteiger partial charge is 0.219 e. The van der Waals surface area contributed by atoms with E-state index >= 15 is 0 Å². The van der Waals surface area contributed by atoms with E-state index in [0.717, 1.165) is 74.1 Å². The van der Waals surface area contributed by atoms with E-state index in [1.54, 1.807) is 18.7 Å². The number of piperidine rings is 2. The molecule has 146 valence electrons. The largest absolute Gasteiger partial charge is 0.355 e. The molecule has 2 N–H and O–H groups in total. The summed E-state index contributed by atoms with van der Waals surface area (Å²) in [4.78, 5) is 30.1. The van der Waals surface area contributed by atoms with Gasteiger partial charge in [-0.3, -0.25) is 9.79 Å². The second-order valence-corrected chi connectivity index (χ2v) is 9.42. The zero-order valence-corrected chi connectivity index (χ0v) is 17.0. The van der Waals surface area contributed by atoms with Crippen LogP contribution in [0.15, 0.2) is 11.2 Å². The van der Waals surface area contributed by atoms with Gasteiger partial charge in [0.25, 0.3) is 0 Å². The van der Waals surface area contributed by atoms with Crippen molar-refractivity contribution in [2.24, 2.45) is 10.7 Å². The number of nitrogens with two attached hydrogens (primary N) is 1. The molecule has 2 fully saturated rings. The molecule has 0 spiro atoms. The van der Waals surface area contributed by atoms with Gasteiger partial charge in [-0.05, 0) is 32.6 Å². The van der Waals surface area contributed by atoms with Crippen LogP contribution in [0.5, 0.6) is 0 Å². The molecule has 4 rings (SSSR count). The van der Waals surface area contributed by atoms with Crippen LogP contribution in [0.2, 0.25) is 0 Å². The van der Waals surface area contributed by atoms with Gasteiger partial charge in [0.1, 0.15) is 16.6 Å². The number of aromatic nitrogens is 2. The maximum atomic E-state index is 11.7. The van der Waals surface area contributed by atoms with Gasteiger partial charge in [-0.1, -0.05) is 11.8 Å². The number of nitrogens with zero attached hydrogens (tertiary/aromatic N) is 5.